The molecule has 0 spiro atoms. The number of nitrogens with zero attached hydrogens (tertiary/aromatic N) is 2. The van der Waals surface area contributed by atoms with Crippen LogP contribution in [0.1, 0.15) is 18.4 Å². The molecule has 4 rings (SSSR count). The Bertz CT molecular complexity index is 910. The lowest BCUT2D eigenvalue weighted by Gasteiger charge is -2.21. The maximum Gasteiger partial charge on any atom is 0.227 e. The third-order valence-corrected chi connectivity index (χ3v) is 4.67. The highest BCUT2D eigenvalue weighted by Gasteiger charge is 2.21. The maximum atomic E-state index is 12.4. The molecule has 0 saturated carbocycles. The van der Waals surface area contributed by atoms with Crippen LogP contribution >= 0.6 is 0 Å². The molecule has 0 radical (unpaired) electrons. The standard InChI is InChI=1S/C20H21N3O2/c1-14-5-6-19-21-12-18(23(19)13-14)16-3-2-4-17(11-16)22-20(24)15-7-9-25-10-8-15/h2-6,11-13,15H,7-10H2,1H3,(H,22,24). The molecule has 1 aromatic carbocycles. The van der Waals surface area contributed by atoms with Crippen molar-refractivity contribution in [2.24, 2.45) is 5.92 Å². The van der Waals surface area contributed by atoms with Gasteiger partial charge in [0.15, 0.2) is 0 Å². The topological polar surface area (TPSA) is 55.6 Å². The molecule has 2 aromatic heterocycles. The molecule has 0 atom stereocenters. The Morgan fingerprint density at radius 3 is 2.92 bits per heavy atom. The molecule has 1 saturated heterocycles. The number of hydrogen-bond acceptors (Lipinski definition) is 3. The molecule has 3 aromatic rings. The first-order chi connectivity index (χ1) is 12.2. The van der Waals surface area contributed by atoms with Crippen LogP contribution in [0.3, 0.4) is 0 Å². The number of carbonyl (C=O) groups is 1. The van der Waals surface area contributed by atoms with Crippen LogP contribution < -0.4 is 5.32 Å². The number of aryl methyl sites for hydroxylation is 1. The second-order valence-electron chi connectivity index (χ2n) is 6.53. The average molecular weight is 335 g/mol. The van der Waals surface area contributed by atoms with Crippen LogP contribution in [-0.2, 0) is 9.53 Å². The minimum Gasteiger partial charge on any atom is -0.381 e. The van der Waals surface area contributed by atoms with E-state index in [2.05, 4.69) is 33.9 Å². The second kappa shape index (κ2) is 6.69. The van der Waals surface area contributed by atoms with Crippen molar-refractivity contribution < 1.29 is 9.53 Å². The Hall–Kier alpha value is -2.66. The minimum atomic E-state index is 0.0378. The van der Waals surface area contributed by atoms with Gasteiger partial charge in [0.2, 0.25) is 5.91 Å². The van der Waals surface area contributed by atoms with Gasteiger partial charge in [0.1, 0.15) is 5.65 Å². The summed E-state index contributed by atoms with van der Waals surface area (Å²) in [5.41, 5.74) is 4.95. The molecule has 1 aliphatic rings. The van der Waals surface area contributed by atoms with E-state index in [1.165, 1.54) is 5.56 Å². The lowest BCUT2D eigenvalue weighted by atomic mass is 9.99. The fourth-order valence-corrected chi connectivity index (χ4v) is 3.26. The van der Waals surface area contributed by atoms with E-state index in [1.807, 2.05) is 36.5 Å². The highest BCUT2D eigenvalue weighted by molar-refractivity contribution is 5.93. The summed E-state index contributed by atoms with van der Waals surface area (Å²) < 4.78 is 7.41. The fraction of sp³-hybridized carbons (Fsp3) is 0.300. The van der Waals surface area contributed by atoms with E-state index in [9.17, 15) is 4.79 Å². The van der Waals surface area contributed by atoms with Crippen LogP contribution in [-0.4, -0.2) is 28.5 Å². The highest BCUT2D eigenvalue weighted by atomic mass is 16.5. The molecule has 0 aliphatic carbocycles. The lowest BCUT2D eigenvalue weighted by Crippen LogP contribution is -2.28. The Balaban J connectivity index is 1.60. The Morgan fingerprint density at radius 1 is 1.24 bits per heavy atom. The quantitative estimate of drug-likeness (QED) is 0.794. The smallest absolute Gasteiger partial charge is 0.227 e. The third-order valence-electron chi connectivity index (χ3n) is 4.67. The molecule has 1 aliphatic heterocycles. The highest BCUT2D eigenvalue weighted by Crippen LogP contribution is 2.25. The summed E-state index contributed by atoms with van der Waals surface area (Å²) in [6.07, 6.45) is 5.52. The number of amides is 1. The summed E-state index contributed by atoms with van der Waals surface area (Å²) in [6.45, 7) is 3.40. The Labute approximate surface area is 146 Å². The Kier molecular flexibility index (Phi) is 4.24. The number of fused-ring (bicyclic) bond motifs is 1. The van der Waals surface area contributed by atoms with Crippen LogP contribution in [0.25, 0.3) is 16.9 Å². The van der Waals surface area contributed by atoms with Gasteiger partial charge in [-0.25, -0.2) is 4.98 Å². The first kappa shape index (κ1) is 15.8. The van der Waals surface area contributed by atoms with E-state index in [1.54, 1.807) is 0 Å². The van der Waals surface area contributed by atoms with Crippen LogP contribution in [0, 0.1) is 12.8 Å². The first-order valence-corrected chi connectivity index (χ1v) is 8.63. The zero-order valence-electron chi connectivity index (χ0n) is 14.2. The number of nitrogens with one attached hydrogen (secondary N) is 1. The van der Waals surface area contributed by atoms with Gasteiger partial charge < -0.3 is 10.1 Å². The largest absolute Gasteiger partial charge is 0.381 e. The van der Waals surface area contributed by atoms with E-state index >= 15 is 0 Å². The lowest BCUT2D eigenvalue weighted by molar-refractivity contribution is -0.122. The van der Waals surface area contributed by atoms with Gasteiger partial charge in [-0.2, -0.15) is 0 Å². The van der Waals surface area contributed by atoms with Gasteiger partial charge in [0.05, 0.1) is 11.9 Å². The van der Waals surface area contributed by atoms with Crippen molar-refractivity contribution in [3.8, 4) is 11.3 Å². The molecule has 128 valence electrons. The van der Waals surface area contributed by atoms with E-state index in [0.29, 0.717) is 13.2 Å². The third kappa shape index (κ3) is 3.28. The monoisotopic (exact) mass is 335 g/mol. The predicted molar refractivity (Wildman–Crippen MR) is 97.5 cm³/mol. The molecule has 1 amide bonds. The molecule has 5 heteroatoms. The summed E-state index contributed by atoms with van der Waals surface area (Å²) >= 11 is 0. The van der Waals surface area contributed by atoms with Crippen molar-refractivity contribution in [1.82, 2.24) is 9.38 Å². The summed E-state index contributed by atoms with van der Waals surface area (Å²) in [7, 11) is 0. The van der Waals surface area contributed by atoms with Crippen molar-refractivity contribution in [3.63, 3.8) is 0 Å². The van der Waals surface area contributed by atoms with Crippen LogP contribution in [0.15, 0.2) is 48.8 Å². The van der Waals surface area contributed by atoms with Crippen molar-refractivity contribution in [2.45, 2.75) is 19.8 Å². The molecule has 3 heterocycles. The van der Waals surface area contributed by atoms with E-state index in [0.717, 1.165) is 35.4 Å². The molecular weight excluding hydrogens is 314 g/mol. The molecule has 1 N–H and O–H groups in total. The van der Waals surface area contributed by atoms with Crippen LogP contribution in [0.5, 0.6) is 0 Å². The number of pyridine rings is 1. The molecular formula is C20H21N3O2. The van der Waals surface area contributed by atoms with Gasteiger partial charge in [0.25, 0.3) is 0 Å². The summed E-state index contributed by atoms with van der Waals surface area (Å²) in [5, 5.41) is 3.05. The average Bonchev–Trinajstić information content (AvgIpc) is 3.05. The van der Waals surface area contributed by atoms with Crippen LogP contribution in [0.2, 0.25) is 0 Å². The van der Waals surface area contributed by atoms with E-state index < -0.39 is 0 Å². The number of carbonyl (C=O) groups excluding carboxylic acids is 1. The van der Waals surface area contributed by atoms with Gasteiger partial charge in [-0.1, -0.05) is 18.2 Å². The number of ether oxygens (including phenoxy) is 1. The number of aromatic nitrogens is 2. The summed E-state index contributed by atoms with van der Waals surface area (Å²) in [5.74, 6) is 0.116. The predicted octanol–water partition coefficient (Wildman–Crippen LogP) is 3.67. The number of imidazole rings is 1. The molecule has 25 heavy (non-hydrogen) atoms. The number of hydrogen-bond donors (Lipinski definition) is 1. The number of anilines is 1. The minimum absolute atomic E-state index is 0.0378. The van der Waals surface area contributed by atoms with Gasteiger partial charge in [-0.15, -0.1) is 0 Å². The second-order valence-corrected chi connectivity index (χ2v) is 6.53. The molecule has 0 unspecified atom stereocenters. The molecule has 5 nitrogen and oxygen atoms in total. The first-order valence-electron chi connectivity index (χ1n) is 8.63. The number of rotatable bonds is 3. The van der Waals surface area contributed by atoms with Gasteiger partial charge >= 0.3 is 0 Å². The maximum absolute atomic E-state index is 12.4. The van der Waals surface area contributed by atoms with E-state index in [4.69, 9.17) is 4.74 Å². The summed E-state index contributed by atoms with van der Waals surface area (Å²) in [6, 6.07) is 12.0. The zero-order chi connectivity index (χ0) is 17.2. The van der Waals surface area contributed by atoms with Crippen molar-refractivity contribution in [3.05, 3.63) is 54.4 Å². The van der Waals surface area contributed by atoms with Gasteiger partial charge in [0, 0.05) is 36.6 Å². The fourth-order valence-electron chi connectivity index (χ4n) is 3.26. The van der Waals surface area contributed by atoms with Crippen molar-refractivity contribution >= 4 is 17.2 Å². The number of benzene rings is 1. The van der Waals surface area contributed by atoms with Crippen molar-refractivity contribution in [2.75, 3.05) is 18.5 Å². The van der Waals surface area contributed by atoms with Gasteiger partial charge in [-0.3, -0.25) is 9.20 Å². The zero-order valence-corrected chi connectivity index (χ0v) is 14.2. The normalized spacial score (nSPS) is 15.4. The van der Waals surface area contributed by atoms with E-state index in [-0.39, 0.29) is 11.8 Å². The Morgan fingerprint density at radius 2 is 2.08 bits per heavy atom. The molecule has 1 fully saturated rings. The van der Waals surface area contributed by atoms with Crippen LogP contribution in [0.4, 0.5) is 5.69 Å². The van der Waals surface area contributed by atoms with Crippen molar-refractivity contribution in [1.29, 1.82) is 0 Å². The summed E-state index contributed by atoms with van der Waals surface area (Å²) in [4.78, 5) is 16.9. The SMILES string of the molecule is Cc1ccc2ncc(-c3cccc(NC(=O)C4CCOCC4)c3)n2c1. The molecule has 0 bridgehead atoms. The van der Waals surface area contributed by atoms with Gasteiger partial charge in [-0.05, 0) is 43.5 Å².